The first-order valence-corrected chi connectivity index (χ1v) is 5.37. The maximum Gasteiger partial charge on any atom is 0.142 e. The molecule has 0 saturated heterocycles. The van der Waals surface area contributed by atoms with Crippen LogP contribution in [0.2, 0.25) is 0 Å². The first-order chi connectivity index (χ1) is 9.19. The number of H-pyrrole nitrogens is 1. The number of hydrogen-bond donors (Lipinski definition) is 1. The molecule has 0 aliphatic rings. The van der Waals surface area contributed by atoms with E-state index in [1.807, 2.05) is 6.07 Å². The topological polar surface area (TPSA) is 65.4 Å². The molecule has 6 heteroatoms. The molecule has 0 fully saturated rings. The molecule has 0 amide bonds. The minimum atomic E-state index is -0.593. The number of rotatable bonds is 1. The minimum absolute atomic E-state index is 0.0881. The molecule has 0 bridgehead atoms. The maximum atomic E-state index is 13.2. The van der Waals surface area contributed by atoms with Gasteiger partial charge in [-0.1, -0.05) is 0 Å². The Morgan fingerprint density at radius 1 is 1.11 bits per heavy atom. The van der Waals surface area contributed by atoms with E-state index < -0.39 is 11.6 Å². The van der Waals surface area contributed by atoms with Gasteiger partial charge in [0, 0.05) is 17.1 Å². The predicted molar refractivity (Wildman–Crippen MR) is 64.0 cm³/mol. The van der Waals surface area contributed by atoms with Gasteiger partial charge in [0.25, 0.3) is 0 Å². The predicted octanol–water partition coefficient (Wildman–Crippen LogP) is 2.77. The van der Waals surface area contributed by atoms with E-state index in [2.05, 4.69) is 15.0 Å². The molecule has 0 radical (unpaired) electrons. The Balaban J connectivity index is 2.31. The monoisotopic (exact) mass is 256 g/mol. The smallest absolute Gasteiger partial charge is 0.142 e. The molecule has 0 unspecified atom stereocenters. The molecule has 92 valence electrons. The Bertz CT molecular complexity index is 817. The molecule has 1 N–H and O–H groups in total. The summed E-state index contributed by atoms with van der Waals surface area (Å²) in [6.45, 7) is 0. The fourth-order valence-electron chi connectivity index (χ4n) is 1.91. The Morgan fingerprint density at radius 3 is 2.63 bits per heavy atom. The van der Waals surface area contributed by atoms with E-state index in [1.165, 1.54) is 6.07 Å². The molecule has 4 nitrogen and oxygen atoms in total. The van der Waals surface area contributed by atoms with E-state index in [0.717, 1.165) is 18.5 Å². The van der Waals surface area contributed by atoms with E-state index in [-0.39, 0.29) is 5.56 Å². The number of nitriles is 1. The summed E-state index contributed by atoms with van der Waals surface area (Å²) in [5.41, 5.74) is 1.37. The van der Waals surface area contributed by atoms with Gasteiger partial charge >= 0.3 is 0 Å². The zero-order chi connectivity index (χ0) is 13.4. The highest BCUT2D eigenvalue weighted by atomic mass is 19.1. The molecule has 19 heavy (non-hydrogen) atoms. The van der Waals surface area contributed by atoms with Crippen molar-refractivity contribution < 1.29 is 8.78 Å². The van der Waals surface area contributed by atoms with Gasteiger partial charge in [0.2, 0.25) is 0 Å². The average Bonchev–Trinajstić information content (AvgIpc) is 2.81. The Morgan fingerprint density at radius 2 is 1.84 bits per heavy atom. The van der Waals surface area contributed by atoms with Crippen LogP contribution in [0.1, 0.15) is 5.56 Å². The zero-order valence-corrected chi connectivity index (χ0v) is 9.48. The van der Waals surface area contributed by atoms with Gasteiger partial charge in [0.15, 0.2) is 0 Å². The van der Waals surface area contributed by atoms with Gasteiger partial charge in [0.1, 0.15) is 23.4 Å². The van der Waals surface area contributed by atoms with Crippen molar-refractivity contribution in [3.05, 3.63) is 47.9 Å². The van der Waals surface area contributed by atoms with Crippen molar-refractivity contribution in [2.45, 2.75) is 0 Å². The van der Waals surface area contributed by atoms with Crippen LogP contribution in [0.15, 0.2) is 30.7 Å². The second-order valence-corrected chi connectivity index (χ2v) is 3.91. The molecule has 3 aromatic rings. The summed E-state index contributed by atoms with van der Waals surface area (Å²) in [5, 5.41) is 9.51. The fourth-order valence-corrected chi connectivity index (χ4v) is 1.91. The summed E-state index contributed by atoms with van der Waals surface area (Å²) in [5.74, 6) is -1.08. The zero-order valence-electron chi connectivity index (χ0n) is 9.48. The van der Waals surface area contributed by atoms with Crippen molar-refractivity contribution in [1.29, 1.82) is 5.26 Å². The Labute approximate surface area is 106 Å². The van der Waals surface area contributed by atoms with Gasteiger partial charge in [-0.25, -0.2) is 13.8 Å². The summed E-state index contributed by atoms with van der Waals surface area (Å²) in [6, 6.07) is 4.26. The van der Waals surface area contributed by atoms with Crippen LogP contribution in [0, 0.1) is 23.0 Å². The van der Waals surface area contributed by atoms with Crippen molar-refractivity contribution in [2.24, 2.45) is 0 Å². The molecular weight excluding hydrogens is 250 g/mol. The van der Waals surface area contributed by atoms with Crippen LogP contribution in [0.5, 0.6) is 0 Å². The number of pyridine rings is 2. The molecule has 3 rings (SSSR count). The third-order valence-electron chi connectivity index (χ3n) is 2.73. The van der Waals surface area contributed by atoms with Crippen LogP contribution in [0.3, 0.4) is 0 Å². The van der Waals surface area contributed by atoms with Gasteiger partial charge in [-0.15, -0.1) is 0 Å². The summed E-state index contributed by atoms with van der Waals surface area (Å²) in [7, 11) is 0. The molecule has 3 heterocycles. The van der Waals surface area contributed by atoms with Crippen LogP contribution in [0.25, 0.3) is 22.3 Å². The number of hydrogen-bond acceptors (Lipinski definition) is 3. The number of aromatic amines is 1. The summed E-state index contributed by atoms with van der Waals surface area (Å²) < 4.78 is 26.3. The summed E-state index contributed by atoms with van der Waals surface area (Å²) in [4.78, 5) is 10.6. The third-order valence-corrected chi connectivity index (χ3v) is 2.73. The molecule has 0 aliphatic heterocycles. The molecule has 0 saturated carbocycles. The van der Waals surface area contributed by atoms with Gasteiger partial charge in [0.05, 0.1) is 23.7 Å². The van der Waals surface area contributed by atoms with E-state index in [9.17, 15) is 8.78 Å². The highest BCUT2D eigenvalue weighted by molar-refractivity contribution is 5.93. The number of aromatic nitrogens is 3. The van der Waals surface area contributed by atoms with Gasteiger partial charge in [-0.05, 0) is 12.1 Å². The van der Waals surface area contributed by atoms with Crippen LogP contribution in [-0.4, -0.2) is 15.0 Å². The van der Waals surface area contributed by atoms with Crippen molar-refractivity contribution in [3.8, 4) is 17.3 Å². The van der Waals surface area contributed by atoms with Crippen LogP contribution >= 0.6 is 0 Å². The van der Waals surface area contributed by atoms with Crippen molar-refractivity contribution in [3.63, 3.8) is 0 Å². The molecular formula is C13H6F2N4. The first-order valence-electron chi connectivity index (χ1n) is 5.37. The average molecular weight is 256 g/mol. The van der Waals surface area contributed by atoms with Gasteiger partial charge < -0.3 is 4.98 Å². The summed E-state index contributed by atoms with van der Waals surface area (Å²) >= 11 is 0. The highest BCUT2D eigenvalue weighted by Gasteiger charge is 2.13. The number of fused-ring (bicyclic) bond motifs is 1. The fraction of sp³-hybridized carbons (Fsp3) is 0. The number of nitrogens with one attached hydrogen (secondary N) is 1. The van der Waals surface area contributed by atoms with Crippen LogP contribution in [0.4, 0.5) is 8.78 Å². The SMILES string of the molecule is N#Cc1cc(F)cnc1-c1c[nH]c2ncc(F)cc12. The van der Waals surface area contributed by atoms with E-state index in [1.54, 1.807) is 6.20 Å². The van der Waals surface area contributed by atoms with Crippen molar-refractivity contribution >= 4 is 11.0 Å². The summed E-state index contributed by atoms with van der Waals surface area (Å²) in [6.07, 6.45) is 3.67. The van der Waals surface area contributed by atoms with E-state index in [0.29, 0.717) is 22.3 Å². The second-order valence-electron chi connectivity index (χ2n) is 3.91. The number of nitrogens with zero attached hydrogens (tertiary/aromatic N) is 3. The van der Waals surface area contributed by atoms with Crippen molar-refractivity contribution in [2.75, 3.05) is 0 Å². The first kappa shape index (κ1) is 11.3. The standard InChI is InChI=1S/C13H6F2N4/c14-8-1-7(3-16)12(17-4-8)11-6-19-13-10(11)2-9(15)5-18-13/h1-2,4-6H,(H,18,19). The third kappa shape index (κ3) is 1.81. The lowest BCUT2D eigenvalue weighted by molar-refractivity contribution is 0.621. The van der Waals surface area contributed by atoms with Gasteiger partial charge in [-0.2, -0.15) is 5.26 Å². The normalized spacial score (nSPS) is 10.6. The van der Waals surface area contributed by atoms with E-state index >= 15 is 0 Å². The Kier molecular flexibility index (Phi) is 2.46. The van der Waals surface area contributed by atoms with Crippen LogP contribution in [-0.2, 0) is 0 Å². The second kappa shape index (κ2) is 4.14. The molecule has 3 aromatic heterocycles. The van der Waals surface area contributed by atoms with Gasteiger partial charge in [-0.3, -0.25) is 4.98 Å². The molecule has 0 aromatic carbocycles. The van der Waals surface area contributed by atoms with Crippen LogP contribution < -0.4 is 0 Å². The largest absolute Gasteiger partial charge is 0.345 e. The van der Waals surface area contributed by atoms with E-state index in [4.69, 9.17) is 5.26 Å². The highest BCUT2D eigenvalue weighted by Crippen LogP contribution is 2.29. The molecule has 0 atom stereocenters. The maximum absolute atomic E-state index is 13.2. The lowest BCUT2D eigenvalue weighted by atomic mass is 10.1. The number of halogens is 2. The lowest BCUT2D eigenvalue weighted by Crippen LogP contribution is -1.90. The lowest BCUT2D eigenvalue weighted by Gasteiger charge is -2.01. The Hall–Kier alpha value is -2.81. The van der Waals surface area contributed by atoms with Crippen molar-refractivity contribution in [1.82, 2.24) is 15.0 Å². The minimum Gasteiger partial charge on any atom is -0.345 e. The quantitative estimate of drug-likeness (QED) is 0.728. The molecule has 0 spiro atoms. The molecule has 0 aliphatic carbocycles.